The van der Waals surface area contributed by atoms with Gasteiger partial charge in [0.2, 0.25) is 15.9 Å². The van der Waals surface area contributed by atoms with Crippen molar-refractivity contribution in [1.82, 2.24) is 0 Å². The van der Waals surface area contributed by atoms with E-state index in [2.05, 4.69) is 11.9 Å². The van der Waals surface area contributed by atoms with Crippen LogP contribution in [-0.2, 0) is 14.8 Å². The fourth-order valence-electron chi connectivity index (χ4n) is 2.43. The Kier molecular flexibility index (Phi) is 6.87. The highest BCUT2D eigenvalue weighted by Crippen LogP contribution is 2.24. The molecule has 6 nitrogen and oxygen atoms in total. The minimum Gasteiger partial charge on any atom is -0.490 e. The van der Waals surface area contributed by atoms with E-state index in [-0.39, 0.29) is 0 Å². The molecule has 0 aromatic heterocycles. The van der Waals surface area contributed by atoms with Crippen molar-refractivity contribution in [1.29, 1.82) is 0 Å². The lowest BCUT2D eigenvalue weighted by Gasteiger charge is -2.28. The zero-order valence-corrected chi connectivity index (χ0v) is 16.6. The lowest BCUT2D eigenvalue weighted by atomic mass is 10.2. The summed E-state index contributed by atoms with van der Waals surface area (Å²) in [5.74, 6) is 0.176. The maximum absolute atomic E-state index is 12.6. The number of ether oxygens (including phenoxy) is 1. The van der Waals surface area contributed by atoms with Gasteiger partial charge in [0.05, 0.1) is 11.9 Å². The van der Waals surface area contributed by atoms with E-state index in [0.717, 1.165) is 10.6 Å². The third kappa shape index (κ3) is 5.74. The van der Waals surface area contributed by atoms with Gasteiger partial charge in [-0.1, -0.05) is 24.3 Å². The molecule has 2 rings (SSSR count). The quantitative estimate of drug-likeness (QED) is 0.676. The van der Waals surface area contributed by atoms with E-state index in [9.17, 15) is 13.2 Å². The molecule has 0 aliphatic carbocycles. The summed E-state index contributed by atoms with van der Waals surface area (Å²) >= 11 is 5.86. The van der Waals surface area contributed by atoms with Gasteiger partial charge in [0.25, 0.3) is 0 Å². The molecule has 1 atom stereocenters. The highest BCUT2D eigenvalue weighted by Gasteiger charge is 2.29. The first-order valence-corrected chi connectivity index (χ1v) is 10.3. The number of carbonyl (C=O) groups is 1. The topological polar surface area (TPSA) is 75.7 Å². The number of hydrogen-bond acceptors (Lipinski definition) is 4. The third-order valence-corrected chi connectivity index (χ3v) is 5.15. The van der Waals surface area contributed by atoms with Crippen molar-refractivity contribution >= 4 is 38.9 Å². The van der Waals surface area contributed by atoms with Crippen molar-refractivity contribution in [3.8, 4) is 5.75 Å². The molecule has 144 valence electrons. The van der Waals surface area contributed by atoms with Gasteiger partial charge in [0.1, 0.15) is 18.4 Å². The molecule has 0 fully saturated rings. The molecule has 0 heterocycles. The number of rotatable bonds is 8. The van der Waals surface area contributed by atoms with E-state index in [4.69, 9.17) is 16.3 Å². The molecule has 27 heavy (non-hydrogen) atoms. The number of benzene rings is 2. The molecule has 0 saturated carbocycles. The Morgan fingerprint density at radius 3 is 2.33 bits per heavy atom. The number of amides is 1. The van der Waals surface area contributed by atoms with Crippen LogP contribution in [0.4, 0.5) is 11.4 Å². The minimum absolute atomic E-state index is 0.359. The molecule has 0 bridgehead atoms. The molecule has 0 spiro atoms. The van der Waals surface area contributed by atoms with Crippen molar-refractivity contribution in [3.63, 3.8) is 0 Å². The van der Waals surface area contributed by atoms with Crippen LogP contribution in [0.25, 0.3) is 0 Å². The van der Waals surface area contributed by atoms with E-state index >= 15 is 0 Å². The third-order valence-electron chi connectivity index (χ3n) is 3.66. The minimum atomic E-state index is -3.68. The molecule has 1 unspecified atom stereocenters. The second-order valence-corrected chi connectivity index (χ2v) is 8.12. The predicted molar refractivity (Wildman–Crippen MR) is 109 cm³/mol. The Labute approximate surface area is 164 Å². The maximum atomic E-state index is 12.6. The van der Waals surface area contributed by atoms with E-state index < -0.39 is 22.0 Å². The summed E-state index contributed by atoms with van der Waals surface area (Å²) in [6, 6.07) is 12.1. The Bertz CT molecular complexity index is 896. The lowest BCUT2D eigenvalue weighted by Crippen LogP contribution is -2.45. The molecule has 2 aromatic carbocycles. The average Bonchev–Trinajstić information content (AvgIpc) is 2.61. The van der Waals surface area contributed by atoms with Gasteiger partial charge in [-0.15, -0.1) is 0 Å². The number of sulfonamides is 1. The van der Waals surface area contributed by atoms with Crippen LogP contribution in [0, 0.1) is 0 Å². The van der Waals surface area contributed by atoms with Crippen molar-refractivity contribution in [2.24, 2.45) is 0 Å². The molecule has 1 N–H and O–H groups in total. The highest BCUT2D eigenvalue weighted by atomic mass is 35.5. The molecular weight excluding hydrogens is 388 g/mol. The Hall–Kier alpha value is -2.51. The van der Waals surface area contributed by atoms with Gasteiger partial charge in [-0.2, -0.15) is 0 Å². The SMILES string of the molecule is C=CCOc1ccc(NC(=O)C(C)N(c2ccc(Cl)cc2)S(C)(=O)=O)cc1. The maximum Gasteiger partial charge on any atom is 0.247 e. The van der Waals surface area contributed by atoms with Crippen LogP contribution in [0.15, 0.2) is 61.2 Å². The van der Waals surface area contributed by atoms with Gasteiger partial charge in [-0.05, 0) is 55.5 Å². The number of halogens is 1. The Balaban J connectivity index is 2.17. The van der Waals surface area contributed by atoms with E-state index in [1.807, 2.05) is 0 Å². The van der Waals surface area contributed by atoms with E-state index in [1.54, 1.807) is 54.6 Å². The number of carbonyl (C=O) groups excluding carboxylic acids is 1. The first-order valence-electron chi connectivity index (χ1n) is 8.12. The number of nitrogens with zero attached hydrogens (tertiary/aromatic N) is 1. The summed E-state index contributed by atoms with van der Waals surface area (Å²) in [6.07, 6.45) is 2.69. The fourth-order valence-corrected chi connectivity index (χ4v) is 3.73. The van der Waals surface area contributed by atoms with Gasteiger partial charge in [-0.25, -0.2) is 8.42 Å². The summed E-state index contributed by atoms with van der Waals surface area (Å²) in [4.78, 5) is 12.6. The van der Waals surface area contributed by atoms with Crippen LogP contribution in [0.3, 0.4) is 0 Å². The van der Waals surface area contributed by atoms with Crippen LogP contribution < -0.4 is 14.4 Å². The molecule has 1 amide bonds. The average molecular weight is 409 g/mol. The Morgan fingerprint density at radius 2 is 1.81 bits per heavy atom. The molecule has 0 aliphatic rings. The van der Waals surface area contributed by atoms with Crippen LogP contribution in [-0.4, -0.2) is 33.2 Å². The van der Waals surface area contributed by atoms with Gasteiger partial charge in [-0.3, -0.25) is 9.10 Å². The highest BCUT2D eigenvalue weighted by molar-refractivity contribution is 7.92. The second-order valence-electron chi connectivity index (χ2n) is 5.82. The number of nitrogens with one attached hydrogen (secondary N) is 1. The van der Waals surface area contributed by atoms with Gasteiger partial charge in [0, 0.05) is 10.7 Å². The van der Waals surface area contributed by atoms with Crippen LogP contribution in [0.1, 0.15) is 6.92 Å². The molecule has 2 aromatic rings. The zero-order valence-electron chi connectivity index (χ0n) is 15.1. The summed E-state index contributed by atoms with van der Waals surface area (Å²) in [5, 5.41) is 3.19. The van der Waals surface area contributed by atoms with Crippen molar-refractivity contribution in [2.75, 3.05) is 22.5 Å². The predicted octanol–water partition coefficient (Wildman–Crippen LogP) is 3.70. The van der Waals surface area contributed by atoms with Crippen molar-refractivity contribution in [3.05, 3.63) is 66.2 Å². The van der Waals surface area contributed by atoms with Crippen LogP contribution in [0.2, 0.25) is 5.02 Å². The fraction of sp³-hybridized carbons (Fsp3) is 0.211. The summed E-state index contributed by atoms with van der Waals surface area (Å²) < 4.78 is 30.9. The zero-order chi connectivity index (χ0) is 20.0. The lowest BCUT2D eigenvalue weighted by molar-refractivity contribution is -0.116. The number of hydrogen-bond donors (Lipinski definition) is 1. The summed E-state index contributed by atoms with van der Waals surface area (Å²) in [7, 11) is -3.68. The summed E-state index contributed by atoms with van der Waals surface area (Å²) in [5.41, 5.74) is 0.889. The number of anilines is 2. The molecule has 0 aliphatic heterocycles. The van der Waals surface area contributed by atoms with Crippen LogP contribution in [0.5, 0.6) is 5.75 Å². The smallest absolute Gasteiger partial charge is 0.247 e. The summed E-state index contributed by atoms with van der Waals surface area (Å²) in [6.45, 7) is 5.48. The van der Waals surface area contributed by atoms with Crippen molar-refractivity contribution < 1.29 is 17.9 Å². The van der Waals surface area contributed by atoms with Crippen molar-refractivity contribution in [2.45, 2.75) is 13.0 Å². The molecule has 0 radical (unpaired) electrons. The van der Waals surface area contributed by atoms with Crippen LogP contribution >= 0.6 is 11.6 Å². The molecule has 0 saturated heterocycles. The normalized spacial score (nSPS) is 12.1. The first kappa shape index (κ1) is 20.8. The molecule has 8 heteroatoms. The second kappa shape index (κ2) is 8.92. The van der Waals surface area contributed by atoms with Gasteiger partial charge in [0.15, 0.2) is 0 Å². The largest absolute Gasteiger partial charge is 0.490 e. The van der Waals surface area contributed by atoms with Gasteiger partial charge >= 0.3 is 0 Å². The first-order chi connectivity index (χ1) is 12.7. The van der Waals surface area contributed by atoms with Gasteiger partial charge < -0.3 is 10.1 Å². The monoisotopic (exact) mass is 408 g/mol. The van der Waals surface area contributed by atoms with E-state index in [0.29, 0.717) is 28.8 Å². The Morgan fingerprint density at radius 1 is 1.22 bits per heavy atom. The molecular formula is C19H21ClN2O4S. The van der Waals surface area contributed by atoms with E-state index in [1.165, 1.54) is 6.92 Å². The standard InChI is InChI=1S/C19H21ClN2O4S/c1-4-13-26-18-11-7-16(8-12-18)21-19(23)14(2)22(27(3,24)25)17-9-5-15(20)6-10-17/h4-12,14H,1,13H2,2-3H3,(H,21,23).